The Balaban J connectivity index is 1.79. The van der Waals surface area contributed by atoms with Crippen LogP contribution in [0.5, 0.6) is 0 Å². The fraction of sp³-hybridized carbons (Fsp3) is 0.438. The van der Waals surface area contributed by atoms with E-state index in [1.165, 1.54) is 12.3 Å². The number of rotatable bonds is 6. The van der Waals surface area contributed by atoms with Gasteiger partial charge in [-0.05, 0) is 12.0 Å². The van der Waals surface area contributed by atoms with E-state index in [1.54, 1.807) is 0 Å². The first-order chi connectivity index (χ1) is 9.29. The molecule has 0 fully saturated rings. The van der Waals surface area contributed by atoms with Crippen molar-refractivity contribution >= 4 is 5.78 Å². The summed E-state index contributed by atoms with van der Waals surface area (Å²) in [5.74, 6) is 0.398. The third-order valence-electron chi connectivity index (χ3n) is 3.40. The predicted molar refractivity (Wildman–Crippen MR) is 73.5 cm³/mol. The highest BCUT2D eigenvalue weighted by atomic mass is 16.5. The molecule has 3 heteroatoms. The highest BCUT2D eigenvalue weighted by molar-refractivity contribution is 5.90. The number of carbonyl (C=O) groups is 1. The van der Waals surface area contributed by atoms with E-state index in [-0.39, 0.29) is 17.8 Å². The zero-order valence-corrected chi connectivity index (χ0v) is 11.2. The fourth-order valence-corrected chi connectivity index (χ4v) is 2.20. The summed E-state index contributed by atoms with van der Waals surface area (Å²) in [5.41, 5.74) is 1.16. The van der Waals surface area contributed by atoms with Crippen LogP contribution in [-0.2, 0) is 20.9 Å². The molecule has 1 aromatic carbocycles. The lowest BCUT2D eigenvalue weighted by molar-refractivity contribution is -0.119. The topological polar surface area (TPSA) is 35.5 Å². The Kier molecular flexibility index (Phi) is 5.16. The summed E-state index contributed by atoms with van der Waals surface area (Å²) in [7, 11) is 0. The van der Waals surface area contributed by atoms with Crippen LogP contribution < -0.4 is 0 Å². The molecule has 19 heavy (non-hydrogen) atoms. The van der Waals surface area contributed by atoms with Crippen LogP contribution in [0, 0.1) is 5.92 Å². The summed E-state index contributed by atoms with van der Waals surface area (Å²) >= 11 is 0. The second kappa shape index (κ2) is 7.10. The molecule has 1 aliphatic rings. The van der Waals surface area contributed by atoms with Gasteiger partial charge < -0.3 is 9.47 Å². The molecule has 2 rings (SSSR count). The molecule has 0 bridgehead atoms. The third-order valence-corrected chi connectivity index (χ3v) is 3.40. The van der Waals surface area contributed by atoms with Gasteiger partial charge in [0.25, 0.3) is 0 Å². The van der Waals surface area contributed by atoms with Gasteiger partial charge in [0.2, 0.25) is 0 Å². The van der Waals surface area contributed by atoms with E-state index in [4.69, 9.17) is 9.47 Å². The molecular formula is C16H20O3. The van der Waals surface area contributed by atoms with E-state index in [9.17, 15) is 4.79 Å². The summed E-state index contributed by atoms with van der Waals surface area (Å²) in [6.07, 6.45) is 4.37. The normalized spacial score (nSPS) is 20.1. The number of allylic oxidation sites excluding steroid dienone is 1. The largest absolute Gasteiger partial charge is 0.497 e. The highest BCUT2D eigenvalue weighted by Crippen LogP contribution is 2.20. The van der Waals surface area contributed by atoms with Crippen molar-refractivity contribution in [3.05, 3.63) is 48.2 Å². The minimum absolute atomic E-state index is 0.0433. The minimum atomic E-state index is -0.0433. The monoisotopic (exact) mass is 260 g/mol. The first kappa shape index (κ1) is 13.8. The van der Waals surface area contributed by atoms with Gasteiger partial charge in [0.15, 0.2) is 5.78 Å². The molecule has 1 aromatic rings. The molecule has 0 N–H and O–H groups in total. The van der Waals surface area contributed by atoms with Gasteiger partial charge in [-0.25, -0.2) is 0 Å². The minimum Gasteiger partial charge on any atom is -0.497 e. The standard InChI is InChI=1S/C16H20O3/c1-2-14(16-10-15(17)8-9-19-16)12-18-11-13-6-4-3-5-7-13/h3-9,14,16H,2,10-12H2,1H3. The van der Waals surface area contributed by atoms with E-state index in [0.717, 1.165) is 12.0 Å². The van der Waals surface area contributed by atoms with Crippen molar-refractivity contribution in [1.29, 1.82) is 0 Å². The lowest BCUT2D eigenvalue weighted by atomic mass is 9.95. The van der Waals surface area contributed by atoms with Gasteiger partial charge in [-0.2, -0.15) is 0 Å². The van der Waals surface area contributed by atoms with E-state index in [2.05, 4.69) is 6.92 Å². The molecule has 1 heterocycles. The number of ether oxygens (including phenoxy) is 2. The SMILES string of the molecule is CCC(COCc1ccccc1)C1CC(=O)C=CO1. The molecule has 1 aliphatic heterocycles. The van der Waals surface area contributed by atoms with Crippen molar-refractivity contribution < 1.29 is 14.3 Å². The van der Waals surface area contributed by atoms with Crippen LogP contribution in [0.4, 0.5) is 0 Å². The molecule has 0 saturated carbocycles. The second-order valence-electron chi connectivity index (χ2n) is 4.82. The molecular weight excluding hydrogens is 240 g/mol. The molecule has 0 aliphatic carbocycles. The molecule has 102 valence electrons. The van der Waals surface area contributed by atoms with Crippen LogP contribution >= 0.6 is 0 Å². The molecule has 0 radical (unpaired) electrons. The molecule has 0 spiro atoms. The average Bonchev–Trinajstić information content (AvgIpc) is 2.45. The Bertz CT molecular complexity index is 425. The summed E-state index contributed by atoms with van der Waals surface area (Å²) in [5, 5.41) is 0. The Hall–Kier alpha value is -1.61. The Labute approximate surface area is 114 Å². The zero-order valence-electron chi connectivity index (χ0n) is 11.2. The van der Waals surface area contributed by atoms with Gasteiger partial charge in [0.1, 0.15) is 6.10 Å². The summed E-state index contributed by atoms with van der Waals surface area (Å²) in [4.78, 5) is 11.4. The summed E-state index contributed by atoms with van der Waals surface area (Å²) in [6, 6.07) is 10.1. The van der Waals surface area contributed by atoms with Crippen LogP contribution in [0.1, 0.15) is 25.3 Å². The zero-order chi connectivity index (χ0) is 13.5. The van der Waals surface area contributed by atoms with Gasteiger partial charge >= 0.3 is 0 Å². The van der Waals surface area contributed by atoms with Gasteiger partial charge in [-0.1, -0.05) is 37.3 Å². The van der Waals surface area contributed by atoms with Crippen LogP contribution in [0.3, 0.4) is 0 Å². The van der Waals surface area contributed by atoms with E-state index in [1.807, 2.05) is 30.3 Å². The lowest BCUT2D eigenvalue weighted by Crippen LogP contribution is -2.30. The maximum Gasteiger partial charge on any atom is 0.162 e. The Morgan fingerprint density at radius 3 is 2.84 bits per heavy atom. The maximum absolute atomic E-state index is 11.4. The second-order valence-corrected chi connectivity index (χ2v) is 4.82. The first-order valence-electron chi connectivity index (χ1n) is 6.76. The van der Waals surface area contributed by atoms with Gasteiger partial charge in [0.05, 0.1) is 19.5 Å². The van der Waals surface area contributed by atoms with Crippen molar-refractivity contribution in [3.63, 3.8) is 0 Å². The quantitative estimate of drug-likeness (QED) is 0.788. The Morgan fingerprint density at radius 2 is 2.16 bits per heavy atom. The number of ketones is 1. The van der Waals surface area contributed by atoms with Crippen molar-refractivity contribution in [3.8, 4) is 0 Å². The Morgan fingerprint density at radius 1 is 1.37 bits per heavy atom. The molecule has 0 aromatic heterocycles. The predicted octanol–water partition coefficient (Wildman–Crippen LogP) is 3.10. The summed E-state index contributed by atoms with van der Waals surface area (Å²) < 4.78 is 11.3. The number of hydrogen-bond acceptors (Lipinski definition) is 3. The molecule has 2 unspecified atom stereocenters. The smallest absolute Gasteiger partial charge is 0.162 e. The van der Waals surface area contributed by atoms with Crippen LogP contribution in [-0.4, -0.2) is 18.5 Å². The average molecular weight is 260 g/mol. The fourth-order valence-electron chi connectivity index (χ4n) is 2.20. The van der Waals surface area contributed by atoms with Crippen LogP contribution in [0.15, 0.2) is 42.7 Å². The number of hydrogen-bond donors (Lipinski definition) is 0. The van der Waals surface area contributed by atoms with Crippen molar-refractivity contribution in [1.82, 2.24) is 0 Å². The number of benzene rings is 1. The van der Waals surface area contributed by atoms with E-state index < -0.39 is 0 Å². The third kappa shape index (κ3) is 4.21. The molecule has 0 saturated heterocycles. The van der Waals surface area contributed by atoms with E-state index in [0.29, 0.717) is 19.6 Å². The van der Waals surface area contributed by atoms with Crippen molar-refractivity contribution in [2.45, 2.75) is 32.5 Å². The van der Waals surface area contributed by atoms with Gasteiger partial charge in [-0.15, -0.1) is 0 Å². The summed E-state index contributed by atoms with van der Waals surface area (Å²) in [6.45, 7) is 3.33. The number of carbonyl (C=O) groups excluding carboxylic acids is 1. The van der Waals surface area contributed by atoms with Gasteiger partial charge in [-0.3, -0.25) is 4.79 Å². The maximum atomic E-state index is 11.4. The van der Waals surface area contributed by atoms with Crippen LogP contribution in [0.25, 0.3) is 0 Å². The van der Waals surface area contributed by atoms with Crippen molar-refractivity contribution in [2.75, 3.05) is 6.61 Å². The molecule has 3 nitrogen and oxygen atoms in total. The van der Waals surface area contributed by atoms with Crippen LogP contribution in [0.2, 0.25) is 0 Å². The van der Waals surface area contributed by atoms with E-state index >= 15 is 0 Å². The molecule has 2 atom stereocenters. The van der Waals surface area contributed by atoms with Crippen molar-refractivity contribution in [2.24, 2.45) is 5.92 Å². The lowest BCUT2D eigenvalue weighted by Gasteiger charge is -2.26. The first-order valence-corrected chi connectivity index (χ1v) is 6.76. The van der Waals surface area contributed by atoms with Gasteiger partial charge in [0, 0.05) is 18.4 Å². The molecule has 0 amide bonds. The highest BCUT2D eigenvalue weighted by Gasteiger charge is 2.25.